The lowest BCUT2D eigenvalue weighted by Crippen LogP contribution is -1.96. The number of rotatable bonds is 2. The second-order valence-corrected chi connectivity index (χ2v) is 4.68. The average Bonchev–Trinajstić information content (AvgIpc) is 2.52. The summed E-state index contributed by atoms with van der Waals surface area (Å²) in [6.45, 7) is 7.16. The van der Waals surface area contributed by atoms with Crippen molar-refractivity contribution in [2.45, 2.75) is 27.3 Å². The maximum Gasteiger partial charge on any atom is 0.178 e. The molecular formula is C13H16N2S. The smallest absolute Gasteiger partial charge is 0.178 e. The first-order valence-corrected chi connectivity index (χ1v) is 5.82. The number of aromatic amines is 1. The molecule has 0 spiro atoms. The van der Waals surface area contributed by atoms with E-state index in [0.717, 1.165) is 16.8 Å². The van der Waals surface area contributed by atoms with E-state index in [9.17, 15) is 0 Å². The Labute approximate surface area is 101 Å². The Balaban J connectivity index is 2.64. The van der Waals surface area contributed by atoms with Gasteiger partial charge in [0.2, 0.25) is 0 Å². The Kier molecular flexibility index (Phi) is 2.97. The third-order valence-corrected chi connectivity index (χ3v) is 3.00. The fourth-order valence-electron chi connectivity index (χ4n) is 1.85. The predicted molar refractivity (Wildman–Crippen MR) is 71.3 cm³/mol. The highest BCUT2D eigenvalue weighted by Gasteiger charge is 2.04. The van der Waals surface area contributed by atoms with E-state index < -0.39 is 0 Å². The standard InChI is InChI=1S/C13H16N2S/c1-9(2)7-8-15-12-10(3)5-4-6-11(12)14-13(15)16/h4-7H,8H2,1-3H3,(H,14,16). The highest BCUT2D eigenvalue weighted by Crippen LogP contribution is 2.18. The molecule has 0 amide bonds. The fraction of sp³-hybridized carbons (Fsp3) is 0.308. The van der Waals surface area contributed by atoms with E-state index in [1.165, 1.54) is 16.7 Å². The van der Waals surface area contributed by atoms with Crippen molar-refractivity contribution in [1.82, 2.24) is 9.55 Å². The summed E-state index contributed by atoms with van der Waals surface area (Å²) in [6, 6.07) is 6.23. The average molecular weight is 232 g/mol. The van der Waals surface area contributed by atoms with Gasteiger partial charge in [0, 0.05) is 6.54 Å². The predicted octanol–water partition coefficient (Wildman–Crippen LogP) is 3.97. The van der Waals surface area contributed by atoms with E-state index in [1.807, 2.05) is 6.07 Å². The van der Waals surface area contributed by atoms with E-state index in [2.05, 4.69) is 48.5 Å². The first-order valence-electron chi connectivity index (χ1n) is 5.41. The molecule has 3 heteroatoms. The van der Waals surface area contributed by atoms with Gasteiger partial charge in [0.1, 0.15) is 0 Å². The van der Waals surface area contributed by atoms with Gasteiger partial charge in [0.05, 0.1) is 11.0 Å². The molecule has 1 aromatic carbocycles. The van der Waals surface area contributed by atoms with Crippen molar-refractivity contribution in [2.24, 2.45) is 0 Å². The summed E-state index contributed by atoms with van der Waals surface area (Å²) < 4.78 is 2.94. The number of allylic oxidation sites excluding steroid dienone is 2. The largest absolute Gasteiger partial charge is 0.331 e. The maximum atomic E-state index is 5.34. The lowest BCUT2D eigenvalue weighted by atomic mass is 10.2. The highest BCUT2D eigenvalue weighted by molar-refractivity contribution is 7.71. The topological polar surface area (TPSA) is 20.7 Å². The van der Waals surface area contributed by atoms with Crippen molar-refractivity contribution in [3.8, 4) is 0 Å². The second kappa shape index (κ2) is 4.26. The molecule has 84 valence electrons. The molecule has 0 bridgehead atoms. The zero-order valence-corrected chi connectivity index (χ0v) is 10.7. The van der Waals surface area contributed by atoms with Crippen LogP contribution in [0.25, 0.3) is 11.0 Å². The van der Waals surface area contributed by atoms with Crippen LogP contribution < -0.4 is 0 Å². The number of fused-ring (bicyclic) bond motifs is 1. The van der Waals surface area contributed by atoms with Gasteiger partial charge in [-0.25, -0.2) is 0 Å². The third kappa shape index (κ3) is 1.95. The minimum absolute atomic E-state index is 0.793. The van der Waals surface area contributed by atoms with Crippen molar-refractivity contribution >= 4 is 23.3 Å². The number of para-hydroxylation sites is 1. The van der Waals surface area contributed by atoms with Crippen molar-refractivity contribution in [2.75, 3.05) is 0 Å². The lowest BCUT2D eigenvalue weighted by molar-refractivity contribution is 0.825. The van der Waals surface area contributed by atoms with Crippen molar-refractivity contribution < 1.29 is 0 Å². The normalized spacial score (nSPS) is 10.7. The van der Waals surface area contributed by atoms with Crippen LogP contribution in [0.2, 0.25) is 0 Å². The molecule has 0 saturated carbocycles. The molecule has 0 saturated heterocycles. The van der Waals surface area contributed by atoms with Gasteiger partial charge in [-0.3, -0.25) is 0 Å². The van der Waals surface area contributed by atoms with Crippen LogP contribution in [0.15, 0.2) is 29.8 Å². The van der Waals surface area contributed by atoms with Crippen molar-refractivity contribution in [1.29, 1.82) is 0 Å². The van der Waals surface area contributed by atoms with Gasteiger partial charge in [-0.05, 0) is 44.6 Å². The van der Waals surface area contributed by atoms with Crippen molar-refractivity contribution in [3.05, 3.63) is 40.2 Å². The zero-order chi connectivity index (χ0) is 11.7. The van der Waals surface area contributed by atoms with Gasteiger partial charge in [-0.15, -0.1) is 0 Å². The van der Waals surface area contributed by atoms with Gasteiger partial charge in [-0.1, -0.05) is 23.8 Å². The molecule has 0 atom stereocenters. The lowest BCUT2D eigenvalue weighted by Gasteiger charge is -2.03. The first kappa shape index (κ1) is 11.1. The molecule has 1 N–H and O–H groups in total. The number of imidazole rings is 1. The van der Waals surface area contributed by atoms with Crippen molar-refractivity contribution in [3.63, 3.8) is 0 Å². The Morgan fingerprint density at radius 3 is 2.88 bits per heavy atom. The van der Waals surface area contributed by atoms with Gasteiger partial charge in [0.15, 0.2) is 4.77 Å². The minimum Gasteiger partial charge on any atom is -0.331 e. The first-order chi connectivity index (χ1) is 7.59. The molecule has 0 aliphatic rings. The van der Waals surface area contributed by atoms with Gasteiger partial charge >= 0.3 is 0 Å². The monoisotopic (exact) mass is 232 g/mol. The zero-order valence-electron chi connectivity index (χ0n) is 9.87. The molecule has 0 fully saturated rings. The van der Waals surface area contributed by atoms with E-state index in [1.54, 1.807) is 0 Å². The van der Waals surface area contributed by atoms with Gasteiger partial charge < -0.3 is 9.55 Å². The van der Waals surface area contributed by atoms with E-state index in [0.29, 0.717) is 0 Å². The van der Waals surface area contributed by atoms with Crippen LogP contribution >= 0.6 is 12.2 Å². The van der Waals surface area contributed by atoms with Crippen LogP contribution in [0.5, 0.6) is 0 Å². The SMILES string of the molecule is CC(C)=CCn1c(=S)[nH]c2cccc(C)c21. The number of H-pyrrole nitrogens is 1. The van der Waals surface area contributed by atoms with Gasteiger partial charge in [-0.2, -0.15) is 0 Å². The van der Waals surface area contributed by atoms with E-state index in [4.69, 9.17) is 12.2 Å². The molecule has 1 heterocycles. The number of nitrogens with zero attached hydrogens (tertiary/aromatic N) is 1. The van der Waals surface area contributed by atoms with E-state index >= 15 is 0 Å². The van der Waals surface area contributed by atoms with Crippen LogP contribution in [-0.2, 0) is 6.54 Å². The third-order valence-electron chi connectivity index (χ3n) is 2.68. The molecule has 2 aromatic rings. The summed E-state index contributed by atoms with van der Waals surface area (Å²) >= 11 is 5.34. The molecule has 0 aliphatic heterocycles. The molecule has 0 radical (unpaired) electrons. The van der Waals surface area contributed by atoms with Crippen LogP contribution in [0, 0.1) is 11.7 Å². The Morgan fingerprint density at radius 2 is 2.19 bits per heavy atom. The number of hydrogen-bond acceptors (Lipinski definition) is 1. The Morgan fingerprint density at radius 1 is 1.44 bits per heavy atom. The van der Waals surface area contributed by atoms with Gasteiger partial charge in [0.25, 0.3) is 0 Å². The highest BCUT2D eigenvalue weighted by atomic mass is 32.1. The molecule has 2 nitrogen and oxygen atoms in total. The second-order valence-electron chi connectivity index (χ2n) is 4.29. The minimum atomic E-state index is 0.793. The quantitative estimate of drug-likeness (QED) is 0.613. The molecule has 0 aliphatic carbocycles. The van der Waals surface area contributed by atoms with Crippen LogP contribution in [0.3, 0.4) is 0 Å². The number of nitrogens with one attached hydrogen (secondary N) is 1. The number of aryl methyl sites for hydroxylation is 1. The fourth-order valence-corrected chi connectivity index (χ4v) is 2.13. The molecule has 1 aromatic heterocycles. The summed E-state index contributed by atoms with van der Waals surface area (Å²) in [4.78, 5) is 3.24. The summed E-state index contributed by atoms with van der Waals surface area (Å²) in [5.74, 6) is 0. The number of hydrogen-bond donors (Lipinski definition) is 1. The van der Waals surface area contributed by atoms with Crippen LogP contribution in [0.1, 0.15) is 19.4 Å². The molecule has 16 heavy (non-hydrogen) atoms. The number of aromatic nitrogens is 2. The van der Waals surface area contributed by atoms with Crippen LogP contribution in [0.4, 0.5) is 0 Å². The molecule has 0 unspecified atom stereocenters. The molecule has 2 rings (SSSR count). The summed E-state index contributed by atoms with van der Waals surface area (Å²) in [6.07, 6.45) is 2.19. The Hall–Kier alpha value is -1.35. The maximum absolute atomic E-state index is 5.34. The summed E-state index contributed by atoms with van der Waals surface area (Å²) in [5, 5.41) is 0. The van der Waals surface area contributed by atoms with Crippen LogP contribution in [-0.4, -0.2) is 9.55 Å². The molecular weight excluding hydrogens is 216 g/mol. The summed E-state index contributed by atoms with van der Waals surface area (Å²) in [7, 11) is 0. The number of benzene rings is 1. The summed E-state index contributed by atoms with van der Waals surface area (Å²) in [5.41, 5.74) is 4.90. The Bertz CT molecular complexity index is 598. The van der Waals surface area contributed by atoms with E-state index in [-0.39, 0.29) is 0 Å².